The Hall–Kier alpha value is -3.69. The van der Waals surface area contributed by atoms with Gasteiger partial charge in [0.15, 0.2) is 0 Å². The van der Waals surface area contributed by atoms with Crippen LogP contribution in [0, 0.1) is 11.6 Å². The molecule has 196 valence electrons. The fourth-order valence-corrected chi connectivity index (χ4v) is 5.78. The maximum Gasteiger partial charge on any atom is 0.408 e. The van der Waals surface area contributed by atoms with Gasteiger partial charge in [0.2, 0.25) is 0 Å². The zero-order chi connectivity index (χ0) is 26.5. The third-order valence-electron chi connectivity index (χ3n) is 7.38. The Bertz CT molecular complexity index is 1350. The first-order chi connectivity index (χ1) is 17.5. The second-order valence-corrected chi connectivity index (χ2v) is 10.8. The quantitative estimate of drug-likeness (QED) is 0.536. The van der Waals surface area contributed by atoms with E-state index in [-0.39, 0.29) is 18.0 Å². The monoisotopic (exact) mass is 511 g/mol. The molecule has 4 heterocycles. The van der Waals surface area contributed by atoms with Gasteiger partial charge < -0.3 is 14.9 Å². The molecular weight excluding hydrogens is 480 g/mol. The number of rotatable bonds is 4. The highest BCUT2D eigenvalue weighted by Gasteiger charge is 2.39. The largest absolute Gasteiger partial charge is 0.465 e. The summed E-state index contributed by atoms with van der Waals surface area (Å²) < 4.78 is 30.1. The topological polar surface area (TPSA) is 81.4 Å². The summed E-state index contributed by atoms with van der Waals surface area (Å²) in [5, 5.41) is 14.1. The molecule has 2 fully saturated rings. The average Bonchev–Trinajstić information content (AvgIpc) is 3.58. The SMILES string of the molecule is CC(C)(C)N(C(=O)O)C1CCN(C(=O)c2cnn3ccc(N4CCCC4c4cc(F)ccc4F)cc23)C1. The van der Waals surface area contributed by atoms with Crippen molar-refractivity contribution < 1.29 is 23.5 Å². The summed E-state index contributed by atoms with van der Waals surface area (Å²) in [6, 6.07) is 6.67. The molecule has 0 aliphatic carbocycles. The summed E-state index contributed by atoms with van der Waals surface area (Å²) in [4.78, 5) is 30.6. The van der Waals surface area contributed by atoms with E-state index < -0.39 is 23.3 Å². The first kappa shape index (κ1) is 25.0. The minimum atomic E-state index is -0.998. The molecule has 3 aromatic rings. The molecule has 10 heteroatoms. The number of likely N-dealkylation sites (tertiary alicyclic amines) is 1. The number of aromatic nitrogens is 2. The standard InChI is InChI=1S/C27H31F2N5O3/c1-27(2,3)34(26(36)37)19-8-11-31(16-19)25(35)21-15-30-33-12-9-18(14-24(21)33)32-10-4-5-23(32)20-13-17(28)6-7-22(20)29/h6-7,9,12-15,19,23H,4-5,8,10-11,16H2,1-3H3,(H,36,37). The molecule has 2 aliphatic rings. The van der Waals surface area contributed by atoms with Gasteiger partial charge in [0.05, 0.1) is 29.4 Å². The van der Waals surface area contributed by atoms with E-state index in [9.17, 15) is 23.5 Å². The molecule has 37 heavy (non-hydrogen) atoms. The molecule has 2 amide bonds. The second kappa shape index (κ2) is 9.32. The number of halogens is 2. The van der Waals surface area contributed by atoms with Crippen molar-refractivity contribution in [3.63, 3.8) is 0 Å². The Morgan fingerprint density at radius 2 is 1.89 bits per heavy atom. The van der Waals surface area contributed by atoms with E-state index in [2.05, 4.69) is 5.10 Å². The summed E-state index contributed by atoms with van der Waals surface area (Å²) in [7, 11) is 0. The second-order valence-electron chi connectivity index (χ2n) is 10.8. The predicted molar refractivity (Wildman–Crippen MR) is 135 cm³/mol. The van der Waals surface area contributed by atoms with Crippen molar-refractivity contribution in [2.45, 2.75) is 57.7 Å². The van der Waals surface area contributed by atoms with E-state index >= 15 is 0 Å². The van der Waals surface area contributed by atoms with Crippen LogP contribution in [-0.2, 0) is 0 Å². The first-order valence-corrected chi connectivity index (χ1v) is 12.5. The molecule has 2 saturated heterocycles. The van der Waals surface area contributed by atoms with Gasteiger partial charge in [-0.05, 0) is 70.4 Å². The van der Waals surface area contributed by atoms with Crippen molar-refractivity contribution >= 4 is 23.2 Å². The van der Waals surface area contributed by atoms with Gasteiger partial charge in [-0.3, -0.25) is 9.69 Å². The lowest BCUT2D eigenvalue weighted by Gasteiger charge is -2.37. The van der Waals surface area contributed by atoms with Gasteiger partial charge in [-0.2, -0.15) is 5.10 Å². The first-order valence-electron chi connectivity index (χ1n) is 12.5. The van der Waals surface area contributed by atoms with Crippen molar-refractivity contribution in [2.75, 3.05) is 24.5 Å². The Kier molecular flexibility index (Phi) is 6.29. The fraction of sp³-hybridized carbons (Fsp3) is 0.444. The molecule has 0 radical (unpaired) electrons. The lowest BCUT2D eigenvalue weighted by molar-refractivity contribution is 0.0650. The van der Waals surface area contributed by atoms with Gasteiger partial charge in [-0.15, -0.1) is 0 Å². The number of benzene rings is 1. The number of carboxylic acid groups (broad SMARTS) is 1. The molecule has 5 rings (SSSR count). The summed E-state index contributed by atoms with van der Waals surface area (Å²) in [5.74, 6) is -1.11. The number of carbonyl (C=O) groups is 2. The molecule has 2 unspecified atom stereocenters. The summed E-state index contributed by atoms with van der Waals surface area (Å²) in [5.41, 5.74) is 1.59. The molecule has 1 aromatic carbocycles. The third-order valence-corrected chi connectivity index (χ3v) is 7.38. The summed E-state index contributed by atoms with van der Waals surface area (Å²) in [6.07, 6.45) is 4.38. The summed E-state index contributed by atoms with van der Waals surface area (Å²) in [6.45, 7) is 6.99. The molecule has 0 spiro atoms. The van der Waals surface area contributed by atoms with Crippen LogP contribution in [0.25, 0.3) is 5.52 Å². The molecule has 1 N–H and O–H groups in total. The van der Waals surface area contributed by atoms with Crippen LogP contribution in [0.3, 0.4) is 0 Å². The molecule has 0 saturated carbocycles. The van der Waals surface area contributed by atoms with E-state index in [1.165, 1.54) is 17.2 Å². The van der Waals surface area contributed by atoms with Gasteiger partial charge in [0.1, 0.15) is 11.6 Å². The predicted octanol–water partition coefficient (Wildman–Crippen LogP) is 4.95. The van der Waals surface area contributed by atoms with Crippen molar-refractivity contribution in [3.05, 3.63) is 65.5 Å². The van der Waals surface area contributed by atoms with Crippen LogP contribution < -0.4 is 4.90 Å². The Morgan fingerprint density at radius 1 is 1.11 bits per heavy atom. The maximum atomic E-state index is 14.6. The van der Waals surface area contributed by atoms with Crippen LogP contribution in [0.2, 0.25) is 0 Å². The minimum Gasteiger partial charge on any atom is -0.465 e. The summed E-state index contributed by atoms with van der Waals surface area (Å²) >= 11 is 0. The van der Waals surface area contributed by atoms with Gasteiger partial charge in [-0.25, -0.2) is 18.1 Å². The van der Waals surface area contributed by atoms with Crippen LogP contribution in [0.15, 0.2) is 42.7 Å². The van der Waals surface area contributed by atoms with E-state index in [0.29, 0.717) is 49.1 Å². The van der Waals surface area contributed by atoms with E-state index in [1.807, 2.05) is 37.8 Å². The highest BCUT2D eigenvalue weighted by molar-refractivity contribution is 6.01. The van der Waals surface area contributed by atoms with E-state index in [4.69, 9.17) is 0 Å². The lowest BCUT2D eigenvalue weighted by atomic mass is 10.0. The molecule has 2 aliphatic heterocycles. The molecule has 2 atom stereocenters. The molecular formula is C27H31F2N5O3. The molecule has 8 nitrogen and oxygen atoms in total. The number of hydrogen-bond donors (Lipinski definition) is 1. The van der Waals surface area contributed by atoms with Gasteiger partial charge in [-0.1, -0.05) is 0 Å². The number of pyridine rings is 1. The Morgan fingerprint density at radius 3 is 2.62 bits per heavy atom. The van der Waals surface area contributed by atoms with Gasteiger partial charge in [0.25, 0.3) is 5.91 Å². The van der Waals surface area contributed by atoms with Crippen LogP contribution in [0.4, 0.5) is 19.3 Å². The fourth-order valence-electron chi connectivity index (χ4n) is 5.78. The lowest BCUT2D eigenvalue weighted by Crippen LogP contribution is -2.52. The van der Waals surface area contributed by atoms with Crippen LogP contribution >= 0.6 is 0 Å². The Balaban J connectivity index is 1.41. The van der Waals surface area contributed by atoms with E-state index in [0.717, 1.165) is 24.2 Å². The zero-order valence-corrected chi connectivity index (χ0v) is 21.2. The van der Waals surface area contributed by atoms with Crippen molar-refractivity contribution in [1.82, 2.24) is 19.4 Å². The number of nitrogens with zero attached hydrogens (tertiary/aromatic N) is 5. The normalized spacial score (nSPS) is 20.1. The molecule has 0 bridgehead atoms. The van der Waals surface area contributed by atoms with Crippen LogP contribution in [0.5, 0.6) is 0 Å². The highest BCUT2D eigenvalue weighted by atomic mass is 19.1. The number of anilines is 1. The third kappa shape index (κ3) is 4.60. The number of hydrogen-bond acceptors (Lipinski definition) is 4. The molecule has 2 aromatic heterocycles. The van der Waals surface area contributed by atoms with Crippen molar-refractivity contribution in [2.24, 2.45) is 0 Å². The Labute approximate surface area is 214 Å². The highest BCUT2D eigenvalue weighted by Crippen LogP contribution is 2.38. The van der Waals surface area contributed by atoms with E-state index in [1.54, 1.807) is 15.6 Å². The van der Waals surface area contributed by atoms with Gasteiger partial charge >= 0.3 is 6.09 Å². The van der Waals surface area contributed by atoms with Crippen molar-refractivity contribution in [3.8, 4) is 0 Å². The van der Waals surface area contributed by atoms with Gasteiger partial charge in [0, 0.05) is 42.6 Å². The average molecular weight is 512 g/mol. The smallest absolute Gasteiger partial charge is 0.408 e. The van der Waals surface area contributed by atoms with Crippen LogP contribution in [-0.4, -0.2) is 67.7 Å². The van der Waals surface area contributed by atoms with Crippen LogP contribution in [0.1, 0.15) is 62.0 Å². The number of carbonyl (C=O) groups excluding carboxylic acids is 1. The van der Waals surface area contributed by atoms with Crippen molar-refractivity contribution in [1.29, 1.82) is 0 Å². The number of amides is 2. The zero-order valence-electron chi connectivity index (χ0n) is 21.2. The number of fused-ring (bicyclic) bond motifs is 1. The minimum absolute atomic E-state index is 0.206. The maximum absolute atomic E-state index is 14.6.